The van der Waals surface area contributed by atoms with Gasteiger partial charge in [-0.1, -0.05) is 23.5 Å². The van der Waals surface area contributed by atoms with Crippen molar-refractivity contribution >= 4 is 32.6 Å². The van der Waals surface area contributed by atoms with Crippen LogP contribution in [-0.2, 0) is 6.18 Å². The molecule has 0 bridgehead atoms. The molecule has 0 saturated heterocycles. The SMILES string of the molecule is Cc1ccc2nc(N(CCC[NH+](C)C)C(=O)c3cccc(C(F)(F)F)c3)sc2c1. The van der Waals surface area contributed by atoms with E-state index in [0.29, 0.717) is 18.1 Å². The van der Waals surface area contributed by atoms with Gasteiger partial charge in [-0.3, -0.25) is 9.69 Å². The van der Waals surface area contributed by atoms with Crippen molar-refractivity contribution in [1.82, 2.24) is 4.98 Å². The molecule has 0 aliphatic rings. The number of amides is 1. The van der Waals surface area contributed by atoms with Crippen molar-refractivity contribution in [1.29, 1.82) is 0 Å². The van der Waals surface area contributed by atoms with Gasteiger partial charge in [0.1, 0.15) is 0 Å². The molecule has 29 heavy (non-hydrogen) atoms. The zero-order valence-corrected chi connectivity index (χ0v) is 17.3. The number of benzene rings is 2. The first-order chi connectivity index (χ1) is 13.6. The number of nitrogens with zero attached hydrogens (tertiary/aromatic N) is 2. The number of halogens is 3. The number of fused-ring (bicyclic) bond motifs is 1. The van der Waals surface area contributed by atoms with Crippen LogP contribution >= 0.6 is 11.3 Å². The number of rotatable bonds is 6. The summed E-state index contributed by atoms with van der Waals surface area (Å²) < 4.78 is 40.2. The number of alkyl halides is 3. The molecule has 1 aromatic heterocycles. The van der Waals surface area contributed by atoms with Gasteiger partial charge in [-0.25, -0.2) is 4.98 Å². The first kappa shape index (κ1) is 21.3. The van der Waals surface area contributed by atoms with Crippen LogP contribution in [0.3, 0.4) is 0 Å². The average molecular weight is 422 g/mol. The first-order valence-electron chi connectivity index (χ1n) is 9.30. The predicted molar refractivity (Wildman–Crippen MR) is 110 cm³/mol. The molecule has 0 aliphatic carbocycles. The number of carbonyl (C=O) groups excluding carboxylic acids is 1. The summed E-state index contributed by atoms with van der Waals surface area (Å²) in [6.07, 6.45) is -3.79. The van der Waals surface area contributed by atoms with E-state index in [2.05, 4.69) is 4.98 Å². The van der Waals surface area contributed by atoms with Crippen molar-refractivity contribution in [2.45, 2.75) is 19.5 Å². The average Bonchev–Trinajstić information content (AvgIpc) is 3.06. The minimum absolute atomic E-state index is 0.00691. The van der Waals surface area contributed by atoms with Gasteiger partial charge in [-0.15, -0.1) is 0 Å². The Kier molecular flexibility index (Phi) is 6.24. The highest BCUT2D eigenvalue weighted by Crippen LogP contribution is 2.32. The fourth-order valence-electron chi connectivity index (χ4n) is 2.99. The van der Waals surface area contributed by atoms with E-state index in [4.69, 9.17) is 0 Å². The number of hydrogen-bond acceptors (Lipinski definition) is 3. The lowest BCUT2D eigenvalue weighted by Gasteiger charge is -2.21. The Morgan fingerprint density at radius 1 is 1.17 bits per heavy atom. The number of anilines is 1. The fraction of sp³-hybridized carbons (Fsp3) is 0.333. The van der Waals surface area contributed by atoms with Gasteiger partial charge < -0.3 is 4.90 Å². The van der Waals surface area contributed by atoms with Crippen LogP contribution in [0.1, 0.15) is 27.9 Å². The van der Waals surface area contributed by atoms with E-state index in [1.807, 2.05) is 39.2 Å². The molecule has 0 aliphatic heterocycles. The summed E-state index contributed by atoms with van der Waals surface area (Å²) in [7, 11) is 4.03. The Bertz CT molecular complexity index is 1010. The van der Waals surface area contributed by atoms with Crippen molar-refractivity contribution in [3.63, 3.8) is 0 Å². The molecule has 2 aromatic carbocycles. The van der Waals surface area contributed by atoms with Gasteiger partial charge in [0.25, 0.3) is 5.91 Å². The maximum Gasteiger partial charge on any atom is 0.416 e. The summed E-state index contributed by atoms with van der Waals surface area (Å²) in [5.41, 5.74) is 1.03. The third-order valence-corrected chi connectivity index (χ3v) is 5.55. The van der Waals surface area contributed by atoms with Crippen LogP contribution in [0, 0.1) is 6.92 Å². The molecule has 0 atom stereocenters. The second-order valence-corrected chi connectivity index (χ2v) is 8.32. The van der Waals surface area contributed by atoms with E-state index in [1.165, 1.54) is 33.3 Å². The second-order valence-electron chi connectivity index (χ2n) is 7.31. The van der Waals surface area contributed by atoms with Crippen LogP contribution in [0.15, 0.2) is 42.5 Å². The molecule has 0 radical (unpaired) electrons. The molecular weight excluding hydrogens is 399 g/mol. The number of aromatic nitrogens is 1. The zero-order chi connectivity index (χ0) is 21.2. The number of nitrogens with one attached hydrogen (secondary N) is 1. The topological polar surface area (TPSA) is 37.6 Å². The predicted octanol–water partition coefficient (Wildman–Crippen LogP) is 3.80. The largest absolute Gasteiger partial charge is 0.416 e. The van der Waals surface area contributed by atoms with E-state index in [1.54, 1.807) is 0 Å². The van der Waals surface area contributed by atoms with Gasteiger partial charge in [0.05, 0.1) is 36.4 Å². The Morgan fingerprint density at radius 2 is 1.93 bits per heavy atom. The summed E-state index contributed by atoms with van der Waals surface area (Å²) in [4.78, 5) is 20.5. The van der Waals surface area contributed by atoms with Crippen LogP contribution in [0.2, 0.25) is 0 Å². The van der Waals surface area contributed by atoms with E-state index < -0.39 is 17.6 Å². The molecule has 4 nitrogen and oxygen atoms in total. The Balaban J connectivity index is 1.97. The maximum absolute atomic E-state index is 13.2. The zero-order valence-electron chi connectivity index (χ0n) is 16.5. The summed E-state index contributed by atoms with van der Waals surface area (Å²) >= 11 is 1.38. The van der Waals surface area contributed by atoms with E-state index in [9.17, 15) is 18.0 Å². The van der Waals surface area contributed by atoms with Crippen molar-refractivity contribution in [2.24, 2.45) is 0 Å². The Hall–Kier alpha value is -2.45. The molecule has 154 valence electrons. The van der Waals surface area contributed by atoms with E-state index >= 15 is 0 Å². The smallest absolute Gasteiger partial charge is 0.340 e. The van der Waals surface area contributed by atoms with Crippen LogP contribution < -0.4 is 9.80 Å². The maximum atomic E-state index is 13.2. The summed E-state index contributed by atoms with van der Waals surface area (Å²) in [6, 6.07) is 10.4. The normalized spacial score (nSPS) is 12.0. The quantitative estimate of drug-likeness (QED) is 0.656. The third-order valence-electron chi connectivity index (χ3n) is 4.50. The highest BCUT2D eigenvalue weighted by Gasteiger charge is 2.31. The molecule has 0 saturated carbocycles. The summed E-state index contributed by atoms with van der Waals surface area (Å²) in [6.45, 7) is 3.19. The molecule has 1 amide bonds. The Labute approximate surface area is 171 Å². The van der Waals surface area contributed by atoms with Gasteiger partial charge in [-0.2, -0.15) is 13.2 Å². The summed E-state index contributed by atoms with van der Waals surface area (Å²) in [5.74, 6) is -0.472. The molecule has 0 spiro atoms. The minimum atomic E-state index is -4.50. The minimum Gasteiger partial charge on any atom is -0.340 e. The molecular formula is C21H23F3N3OS+. The van der Waals surface area contributed by atoms with Crippen molar-refractivity contribution in [3.05, 3.63) is 59.2 Å². The van der Waals surface area contributed by atoms with Crippen LogP contribution in [0.4, 0.5) is 18.3 Å². The first-order valence-corrected chi connectivity index (χ1v) is 10.1. The van der Waals surface area contributed by atoms with Crippen molar-refractivity contribution in [3.8, 4) is 0 Å². The lowest BCUT2D eigenvalue weighted by molar-refractivity contribution is -0.858. The second kappa shape index (κ2) is 8.51. The van der Waals surface area contributed by atoms with E-state index in [0.717, 1.165) is 34.5 Å². The van der Waals surface area contributed by atoms with Gasteiger partial charge in [0.2, 0.25) is 0 Å². The van der Waals surface area contributed by atoms with Gasteiger partial charge in [0, 0.05) is 18.5 Å². The number of quaternary nitrogens is 1. The lowest BCUT2D eigenvalue weighted by atomic mass is 10.1. The monoisotopic (exact) mass is 422 g/mol. The number of carbonyl (C=O) groups is 1. The highest BCUT2D eigenvalue weighted by molar-refractivity contribution is 7.22. The standard InChI is InChI=1S/C21H22F3N3OS/c1-14-8-9-17-18(12-14)29-20(25-17)27(11-5-10-26(2)3)19(28)15-6-4-7-16(13-15)21(22,23)24/h4,6-9,12-13H,5,10-11H2,1-3H3/p+1. The number of aryl methyl sites for hydroxylation is 1. The molecule has 0 unspecified atom stereocenters. The third kappa shape index (κ3) is 5.13. The van der Waals surface area contributed by atoms with Gasteiger partial charge >= 0.3 is 6.18 Å². The van der Waals surface area contributed by atoms with Crippen LogP contribution in [-0.4, -0.2) is 38.1 Å². The lowest BCUT2D eigenvalue weighted by Crippen LogP contribution is -3.05. The molecule has 1 N–H and O–H groups in total. The molecule has 8 heteroatoms. The van der Waals surface area contributed by atoms with Crippen molar-refractivity contribution < 1.29 is 22.9 Å². The van der Waals surface area contributed by atoms with Crippen molar-refractivity contribution in [2.75, 3.05) is 32.1 Å². The molecule has 0 fully saturated rings. The van der Waals surface area contributed by atoms with Gasteiger partial charge in [0.15, 0.2) is 5.13 Å². The number of hydrogen-bond donors (Lipinski definition) is 1. The highest BCUT2D eigenvalue weighted by atomic mass is 32.1. The van der Waals surface area contributed by atoms with Crippen LogP contribution in [0.25, 0.3) is 10.2 Å². The summed E-state index contributed by atoms with van der Waals surface area (Å²) in [5, 5.41) is 0.502. The fourth-order valence-corrected chi connectivity index (χ4v) is 4.08. The number of thiazole rings is 1. The molecule has 3 rings (SSSR count). The Morgan fingerprint density at radius 3 is 2.62 bits per heavy atom. The molecule has 3 aromatic rings. The van der Waals surface area contributed by atoms with E-state index in [-0.39, 0.29) is 5.56 Å². The molecule has 1 heterocycles. The van der Waals surface area contributed by atoms with Gasteiger partial charge in [-0.05, 0) is 42.8 Å². The van der Waals surface area contributed by atoms with Crippen LogP contribution in [0.5, 0.6) is 0 Å².